The highest BCUT2D eigenvalue weighted by Crippen LogP contribution is 2.29. The quantitative estimate of drug-likeness (QED) is 0.911. The Labute approximate surface area is 111 Å². The molecule has 0 fully saturated rings. The van der Waals surface area contributed by atoms with Crippen molar-refractivity contribution in [3.63, 3.8) is 0 Å². The fourth-order valence-corrected chi connectivity index (χ4v) is 2.57. The summed E-state index contributed by atoms with van der Waals surface area (Å²) in [7, 11) is 0. The van der Waals surface area contributed by atoms with Crippen molar-refractivity contribution in [2.75, 3.05) is 0 Å². The number of aryl methyl sites for hydroxylation is 1. The number of nitrogens with zero attached hydrogens (tertiary/aromatic N) is 1. The minimum Gasteiger partial charge on any atom is -0.481 e. The van der Waals surface area contributed by atoms with Gasteiger partial charge in [0.25, 0.3) is 0 Å². The van der Waals surface area contributed by atoms with Crippen LogP contribution in [0.15, 0.2) is 24.3 Å². The zero-order valence-corrected chi connectivity index (χ0v) is 11.2. The van der Waals surface area contributed by atoms with E-state index >= 15 is 0 Å². The van der Waals surface area contributed by atoms with Crippen LogP contribution >= 0.6 is 11.6 Å². The van der Waals surface area contributed by atoms with Crippen molar-refractivity contribution in [1.82, 2.24) is 4.57 Å². The fourth-order valence-electron chi connectivity index (χ4n) is 2.39. The van der Waals surface area contributed by atoms with Crippen LogP contribution in [0.1, 0.15) is 31.9 Å². The molecule has 0 saturated heterocycles. The lowest BCUT2D eigenvalue weighted by Crippen LogP contribution is -2.08. The largest absolute Gasteiger partial charge is 0.481 e. The molecule has 0 saturated carbocycles. The lowest BCUT2D eigenvalue weighted by molar-refractivity contribution is -0.137. The van der Waals surface area contributed by atoms with E-state index in [0.29, 0.717) is 5.02 Å². The molecule has 0 bridgehead atoms. The standard InChI is InChI=1S/C14H16ClNO2/c1-3-16-12-5-4-11(15)7-10(12)8-13(16)9(2)6-14(17)18/h4-5,7-9H,3,6H2,1-2H3,(H,17,18). The molecule has 1 atom stereocenters. The minimum atomic E-state index is -0.770. The molecule has 2 aromatic rings. The molecule has 2 rings (SSSR count). The number of aromatic nitrogens is 1. The van der Waals surface area contributed by atoms with Crippen molar-refractivity contribution in [2.45, 2.75) is 32.7 Å². The molecule has 0 amide bonds. The molecule has 1 heterocycles. The fraction of sp³-hybridized carbons (Fsp3) is 0.357. The molecule has 0 radical (unpaired) electrons. The summed E-state index contributed by atoms with van der Waals surface area (Å²) in [6.45, 7) is 4.82. The van der Waals surface area contributed by atoms with Gasteiger partial charge in [-0.25, -0.2) is 0 Å². The number of benzene rings is 1. The summed E-state index contributed by atoms with van der Waals surface area (Å²) >= 11 is 5.98. The van der Waals surface area contributed by atoms with Gasteiger partial charge in [-0.2, -0.15) is 0 Å². The molecule has 0 aliphatic rings. The van der Waals surface area contributed by atoms with E-state index < -0.39 is 5.97 Å². The first-order valence-electron chi connectivity index (χ1n) is 6.03. The minimum absolute atomic E-state index is 0.00590. The van der Waals surface area contributed by atoms with Crippen molar-refractivity contribution in [3.8, 4) is 0 Å². The summed E-state index contributed by atoms with van der Waals surface area (Å²) in [4.78, 5) is 10.8. The van der Waals surface area contributed by atoms with E-state index in [9.17, 15) is 4.79 Å². The highest BCUT2D eigenvalue weighted by molar-refractivity contribution is 6.31. The summed E-state index contributed by atoms with van der Waals surface area (Å²) in [5.41, 5.74) is 2.16. The number of carboxylic acid groups (broad SMARTS) is 1. The second kappa shape index (κ2) is 5.02. The Balaban J connectivity index is 2.52. The van der Waals surface area contributed by atoms with E-state index in [-0.39, 0.29) is 12.3 Å². The van der Waals surface area contributed by atoms with Crippen molar-refractivity contribution in [1.29, 1.82) is 0 Å². The highest BCUT2D eigenvalue weighted by atomic mass is 35.5. The van der Waals surface area contributed by atoms with Crippen molar-refractivity contribution >= 4 is 28.5 Å². The van der Waals surface area contributed by atoms with Crippen molar-refractivity contribution in [3.05, 3.63) is 35.0 Å². The number of carbonyl (C=O) groups is 1. The van der Waals surface area contributed by atoms with E-state index in [2.05, 4.69) is 11.5 Å². The zero-order valence-electron chi connectivity index (χ0n) is 10.5. The third kappa shape index (κ3) is 2.36. The third-order valence-electron chi connectivity index (χ3n) is 3.20. The number of rotatable bonds is 4. The Kier molecular flexibility index (Phi) is 3.62. The van der Waals surface area contributed by atoms with Gasteiger partial charge in [-0.1, -0.05) is 18.5 Å². The summed E-state index contributed by atoms with van der Waals surface area (Å²) in [5, 5.41) is 10.7. The van der Waals surface area contributed by atoms with Crippen LogP contribution in [0.4, 0.5) is 0 Å². The van der Waals surface area contributed by atoms with Gasteiger partial charge in [0.15, 0.2) is 0 Å². The molecule has 1 aromatic carbocycles. The van der Waals surface area contributed by atoms with E-state index in [0.717, 1.165) is 23.1 Å². The second-order valence-corrected chi connectivity index (χ2v) is 4.95. The average molecular weight is 266 g/mol. The highest BCUT2D eigenvalue weighted by Gasteiger charge is 2.16. The van der Waals surface area contributed by atoms with Gasteiger partial charge in [0.1, 0.15) is 0 Å². The molecule has 1 N–H and O–H groups in total. The molecule has 4 heteroatoms. The molecule has 18 heavy (non-hydrogen) atoms. The molecular weight excluding hydrogens is 250 g/mol. The maximum Gasteiger partial charge on any atom is 0.304 e. The third-order valence-corrected chi connectivity index (χ3v) is 3.43. The second-order valence-electron chi connectivity index (χ2n) is 4.52. The van der Waals surface area contributed by atoms with Gasteiger partial charge in [0.2, 0.25) is 0 Å². The first kappa shape index (κ1) is 13.0. The Bertz CT molecular complexity index is 589. The van der Waals surface area contributed by atoms with Gasteiger partial charge in [-0.15, -0.1) is 0 Å². The topological polar surface area (TPSA) is 42.2 Å². The van der Waals surface area contributed by atoms with Crippen LogP contribution in [-0.2, 0) is 11.3 Å². The van der Waals surface area contributed by atoms with E-state index in [4.69, 9.17) is 16.7 Å². The average Bonchev–Trinajstić information content (AvgIpc) is 2.65. The number of fused-ring (bicyclic) bond motifs is 1. The van der Waals surface area contributed by atoms with E-state index in [1.807, 2.05) is 31.2 Å². The molecular formula is C14H16ClNO2. The normalized spacial score (nSPS) is 12.8. The number of aliphatic carboxylic acids is 1. The van der Waals surface area contributed by atoms with Gasteiger partial charge < -0.3 is 9.67 Å². The van der Waals surface area contributed by atoms with E-state index in [1.54, 1.807) is 0 Å². The van der Waals surface area contributed by atoms with Crippen molar-refractivity contribution in [2.24, 2.45) is 0 Å². The van der Waals surface area contributed by atoms with Crippen LogP contribution in [-0.4, -0.2) is 15.6 Å². The van der Waals surface area contributed by atoms with Crippen molar-refractivity contribution < 1.29 is 9.90 Å². The van der Waals surface area contributed by atoms with Gasteiger partial charge >= 0.3 is 5.97 Å². The molecule has 1 aromatic heterocycles. The van der Waals surface area contributed by atoms with Crippen LogP contribution in [0, 0.1) is 0 Å². The van der Waals surface area contributed by atoms with Gasteiger partial charge in [0.05, 0.1) is 6.42 Å². The van der Waals surface area contributed by atoms with Gasteiger partial charge in [-0.3, -0.25) is 4.79 Å². The lowest BCUT2D eigenvalue weighted by atomic mass is 10.0. The maximum absolute atomic E-state index is 10.8. The molecule has 3 nitrogen and oxygen atoms in total. The molecule has 0 aliphatic heterocycles. The summed E-state index contributed by atoms with van der Waals surface area (Å²) < 4.78 is 2.15. The molecule has 96 valence electrons. The Morgan fingerprint density at radius 3 is 2.78 bits per heavy atom. The monoisotopic (exact) mass is 265 g/mol. The molecule has 1 unspecified atom stereocenters. The van der Waals surface area contributed by atoms with Gasteiger partial charge in [0, 0.05) is 34.1 Å². The predicted molar refractivity (Wildman–Crippen MR) is 73.3 cm³/mol. The first-order chi connectivity index (χ1) is 8.52. The van der Waals surface area contributed by atoms with Crippen LogP contribution in [0.25, 0.3) is 10.9 Å². The summed E-state index contributed by atoms with van der Waals surface area (Å²) in [5.74, 6) is -0.776. The van der Waals surface area contributed by atoms with Crippen LogP contribution in [0.2, 0.25) is 5.02 Å². The summed E-state index contributed by atoms with van der Waals surface area (Å²) in [6, 6.07) is 7.80. The number of hydrogen-bond acceptors (Lipinski definition) is 1. The predicted octanol–water partition coefficient (Wildman–Crippen LogP) is 3.89. The van der Waals surface area contributed by atoms with E-state index in [1.165, 1.54) is 0 Å². The molecule has 0 spiro atoms. The van der Waals surface area contributed by atoms with Crippen LogP contribution < -0.4 is 0 Å². The zero-order chi connectivity index (χ0) is 13.3. The number of halogens is 1. The Morgan fingerprint density at radius 2 is 2.17 bits per heavy atom. The molecule has 0 aliphatic carbocycles. The van der Waals surface area contributed by atoms with Crippen LogP contribution in [0.3, 0.4) is 0 Å². The lowest BCUT2D eigenvalue weighted by Gasteiger charge is -2.13. The number of hydrogen-bond donors (Lipinski definition) is 1. The number of carboxylic acids is 1. The smallest absolute Gasteiger partial charge is 0.304 e. The Hall–Kier alpha value is -1.48. The summed E-state index contributed by atoms with van der Waals surface area (Å²) in [6.07, 6.45) is 0.143. The van der Waals surface area contributed by atoms with Gasteiger partial charge in [-0.05, 0) is 31.2 Å². The maximum atomic E-state index is 10.8. The Morgan fingerprint density at radius 1 is 1.44 bits per heavy atom. The first-order valence-corrected chi connectivity index (χ1v) is 6.41. The van der Waals surface area contributed by atoms with Crippen LogP contribution in [0.5, 0.6) is 0 Å². The SMILES string of the molecule is CCn1c(C(C)CC(=O)O)cc2cc(Cl)ccc21.